The summed E-state index contributed by atoms with van der Waals surface area (Å²) in [6.45, 7) is 4.50. The van der Waals surface area contributed by atoms with Crippen LogP contribution in [0.4, 0.5) is 5.69 Å². The fourth-order valence-corrected chi connectivity index (χ4v) is 2.51. The summed E-state index contributed by atoms with van der Waals surface area (Å²) < 4.78 is 2.16. The van der Waals surface area contributed by atoms with E-state index in [9.17, 15) is 0 Å². The summed E-state index contributed by atoms with van der Waals surface area (Å²) in [5.41, 5.74) is 2.56. The highest BCUT2D eigenvalue weighted by Gasteiger charge is 2.17. The number of hydrogen-bond donors (Lipinski definition) is 0. The lowest BCUT2D eigenvalue weighted by Crippen LogP contribution is -2.44. The molecule has 0 unspecified atom stereocenters. The zero-order valence-electron chi connectivity index (χ0n) is 10.4. The Morgan fingerprint density at radius 2 is 1.88 bits per heavy atom. The number of rotatable bonds is 1. The van der Waals surface area contributed by atoms with E-state index < -0.39 is 0 Å². The van der Waals surface area contributed by atoms with Gasteiger partial charge in [0.1, 0.15) is 0 Å². The molecule has 3 heterocycles. The zero-order valence-corrected chi connectivity index (χ0v) is 10.4. The van der Waals surface area contributed by atoms with Gasteiger partial charge in [0.2, 0.25) is 0 Å². The fourth-order valence-electron chi connectivity index (χ4n) is 2.51. The van der Waals surface area contributed by atoms with Gasteiger partial charge in [0.25, 0.3) is 0 Å². The van der Waals surface area contributed by atoms with Crippen molar-refractivity contribution in [2.24, 2.45) is 7.05 Å². The molecular formula is C13H18N4. The Labute approximate surface area is 101 Å². The van der Waals surface area contributed by atoms with Crippen LogP contribution >= 0.6 is 0 Å². The van der Waals surface area contributed by atoms with Crippen molar-refractivity contribution in [3.05, 3.63) is 24.7 Å². The second-order valence-electron chi connectivity index (χ2n) is 4.81. The van der Waals surface area contributed by atoms with Crippen molar-refractivity contribution < 1.29 is 0 Å². The van der Waals surface area contributed by atoms with E-state index in [1.165, 1.54) is 16.6 Å². The number of hydrogen-bond acceptors (Lipinski definition) is 3. The number of pyridine rings is 1. The maximum absolute atomic E-state index is 4.20. The first-order valence-electron chi connectivity index (χ1n) is 6.08. The van der Waals surface area contributed by atoms with E-state index in [4.69, 9.17) is 0 Å². The number of fused-ring (bicyclic) bond motifs is 1. The number of aryl methyl sites for hydroxylation is 1. The van der Waals surface area contributed by atoms with E-state index in [2.05, 4.69) is 45.7 Å². The molecule has 3 rings (SSSR count). The molecule has 1 fully saturated rings. The topological polar surface area (TPSA) is 24.3 Å². The molecular weight excluding hydrogens is 212 g/mol. The second-order valence-corrected chi connectivity index (χ2v) is 4.81. The molecule has 0 spiro atoms. The van der Waals surface area contributed by atoms with Gasteiger partial charge >= 0.3 is 0 Å². The van der Waals surface area contributed by atoms with Crippen molar-refractivity contribution in [1.29, 1.82) is 0 Å². The molecule has 0 N–H and O–H groups in total. The summed E-state index contributed by atoms with van der Waals surface area (Å²) in [6.07, 6.45) is 6.04. The Morgan fingerprint density at radius 3 is 2.65 bits per heavy atom. The molecule has 1 aliphatic rings. The van der Waals surface area contributed by atoms with Gasteiger partial charge in [0, 0.05) is 51.0 Å². The Kier molecular flexibility index (Phi) is 2.52. The van der Waals surface area contributed by atoms with Crippen LogP contribution in [-0.2, 0) is 7.05 Å². The molecule has 17 heavy (non-hydrogen) atoms. The number of aromatic nitrogens is 2. The van der Waals surface area contributed by atoms with Crippen molar-refractivity contribution in [2.75, 3.05) is 38.1 Å². The Bertz CT molecular complexity index is 523. The molecule has 1 aliphatic heterocycles. The molecule has 0 amide bonds. The summed E-state index contributed by atoms with van der Waals surface area (Å²) in [7, 11) is 4.27. The van der Waals surface area contributed by atoms with Crippen molar-refractivity contribution in [2.45, 2.75) is 0 Å². The largest absolute Gasteiger partial charge is 0.367 e. The normalized spacial score (nSPS) is 17.9. The number of piperazine rings is 1. The van der Waals surface area contributed by atoms with Crippen molar-refractivity contribution in [3.8, 4) is 0 Å². The summed E-state index contributed by atoms with van der Waals surface area (Å²) in [6, 6.07) is 2.11. The van der Waals surface area contributed by atoms with E-state index in [0.29, 0.717) is 0 Å². The van der Waals surface area contributed by atoms with E-state index >= 15 is 0 Å². The minimum Gasteiger partial charge on any atom is -0.367 e. The van der Waals surface area contributed by atoms with Crippen LogP contribution in [-0.4, -0.2) is 47.7 Å². The summed E-state index contributed by atoms with van der Waals surface area (Å²) in [5.74, 6) is 0. The molecule has 0 bridgehead atoms. The molecule has 0 radical (unpaired) electrons. The van der Waals surface area contributed by atoms with Gasteiger partial charge in [-0.2, -0.15) is 0 Å². The van der Waals surface area contributed by atoms with Crippen molar-refractivity contribution in [3.63, 3.8) is 0 Å². The van der Waals surface area contributed by atoms with Gasteiger partial charge in [-0.15, -0.1) is 0 Å². The highest BCUT2D eigenvalue weighted by atomic mass is 15.3. The summed E-state index contributed by atoms with van der Waals surface area (Å²) in [5, 5.41) is 1.31. The van der Waals surface area contributed by atoms with Crippen LogP contribution in [0.15, 0.2) is 24.7 Å². The minimum atomic E-state index is 1.11. The Balaban J connectivity index is 2.00. The minimum absolute atomic E-state index is 1.11. The third-order valence-corrected chi connectivity index (χ3v) is 3.62. The monoisotopic (exact) mass is 230 g/mol. The van der Waals surface area contributed by atoms with Crippen LogP contribution in [0.1, 0.15) is 0 Å². The van der Waals surface area contributed by atoms with Crippen LogP contribution in [0.25, 0.3) is 10.9 Å². The average molecular weight is 230 g/mol. The number of anilines is 1. The number of likely N-dealkylation sites (N-methyl/N-ethyl adjacent to an activating group) is 1. The van der Waals surface area contributed by atoms with Crippen molar-refractivity contribution >= 4 is 16.6 Å². The van der Waals surface area contributed by atoms with E-state index in [1.54, 1.807) is 0 Å². The second kappa shape index (κ2) is 4.04. The van der Waals surface area contributed by atoms with Crippen LogP contribution < -0.4 is 4.90 Å². The molecule has 0 aromatic carbocycles. The number of nitrogens with zero attached hydrogens (tertiary/aromatic N) is 4. The van der Waals surface area contributed by atoms with Crippen molar-refractivity contribution in [1.82, 2.24) is 14.5 Å². The predicted octanol–water partition coefficient (Wildman–Crippen LogP) is 1.33. The lowest BCUT2D eigenvalue weighted by atomic mass is 10.2. The molecule has 0 atom stereocenters. The Morgan fingerprint density at radius 1 is 1.12 bits per heavy atom. The molecule has 90 valence electrons. The lowest BCUT2D eigenvalue weighted by molar-refractivity contribution is 0.313. The molecule has 2 aromatic rings. The average Bonchev–Trinajstić information content (AvgIpc) is 2.69. The lowest BCUT2D eigenvalue weighted by Gasteiger charge is -2.33. The van der Waals surface area contributed by atoms with E-state index in [1.807, 2.05) is 12.4 Å². The van der Waals surface area contributed by atoms with Crippen LogP contribution in [0.3, 0.4) is 0 Å². The third kappa shape index (κ3) is 1.78. The highest BCUT2D eigenvalue weighted by molar-refractivity contribution is 5.92. The third-order valence-electron chi connectivity index (χ3n) is 3.62. The SMILES string of the molecule is CN1CCN(c2cn(C)c3cnccc23)CC1. The molecule has 4 nitrogen and oxygen atoms in total. The zero-order chi connectivity index (χ0) is 11.8. The van der Waals surface area contributed by atoms with Gasteiger partial charge in [-0.05, 0) is 13.1 Å². The van der Waals surface area contributed by atoms with Crippen LogP contribution in [0.2, 0.25) is 0 Å². The van der Waals surface area contributed by atoms with Gasteiger partial charge in [0.15, 0.2) is 0 Å². The first-order valence-corrected chi connectivity index (χ1v) is 6.08. The first-order chi connectivity index (χ1) is 8.25. The molecule has 1 saturated heterocycles. The van der Waals surface area contributed by atoms with Crippen LogP contribution in [0, 0.1) is 0 Å². The van der Waals surface area contributed by atoms with Gasteiger partial charge in [-0.25, -0.2) is 0 Å². The standard InChI is InChI=1S/C13H18N4/c1-15-5-7-17(8-6-15)13-10-16(2)12-9-14-4-3-11(12)13/h3-4,9-10H,5-8H2,1-2H3. The fraction of sp³-hybridized carbons (Fsp3) is 0.462. The smallest absolute Gasteiger partial charge is 0.0685 e. The van der Waals surface area contributed by atoms with Crippen LogP contribution in [0.5, 0.6) is 0 Å². The van der Waals surface area contributed by atoms with Gasteiger partial charge in [0.05, 0.1) is 17.4 Å². The predicted molar refractivity (Wildman–Crippen MR) is 70.4 cm³/mol. The van der Waals surface area contributed by atoms with Gasteiger partial charge < -0.3 is 14.4 Å². The molecule has 2 aromatic heterocycles. The first kappa shape index (κ1) is 10.6. The van der Waals surface area contributed by atoms with Gasteiger partial charge in [-0.1, -0.05) is 0 Å². The molecule has 0 saturated carbocycles. The van der Waals surface area contributed by atoms with Gasteiger partial charge in [-0.3, -0.25) is 4.98 Å². The quantitative estimate of drug-likeness (QED) is 0.738. The Hall–Kier alpha value is -1.55. The molecule has 4 heteroatoms. The summed E-state index contributed by atoms with van der Waals surface area (Å²) >= 11 is 0. The van der Waals surface area contributed by atoms with E-state index in [0.717, 1.165) is 26.2 Å². The highest BCUT2D eigenvalue weighted by Crippen LogP contribution is 2.28. The summed E-state index contributed by atoms with van der Waals surface area (Å²) in [4.78, 5) is 9.05. The maximum Gasteiger partial charge on any atom is 0.0685 e. The maximum atomic E-state index is 4.20. The van der Waals surface area contributed by atoms with E-state index in [-0.39, 0.29) is 0 Å². The molecule has 0 aliphatic carbocycles.